The zero-order chi connectivity index (χ0) is 21.1. The van der Waals surface area contributed by atoms with Crippen molar-refractivity contribution in [2.75, 3.05) is 6.61 Å². The Bertz CT molecular complexity index is 1250. The van der Waals surface area contributed by atoms with Gasteiger partial charge in [-0.25, -0.2) is 9.78 Å². The van der Waals surface area contributed by atoms with Gasteiger partial charge in [0.2, 0.25) is 4.77 Å². The molecular weight excluding hydrogens is 396 g/mol. The highest BCUT2D eigenvalue weighted by Crippen LogP contribution is 2.28. The number of nitrogens with one attached hydrogen (secondary N) is 1. The molecule has 4 aromatic rings. The number of aromatic amines is 1. The van der Waals surface area contributed by atoms with Crippen molar-refractivity contribution in [2.45, 2.75) is 20.8 Å². The molecule has 2 aromatic heterocycles. The maximum Gasteiger partial charge on any atom is 0.216 e. The molecule has 0 fully saturated rings. The minimum absolute atomic E-state index is 0.401. The van der Waals surface area contributed by atoms with Crippen molar-refractivity contribution in [1.82, 2.24) is 24.7 Å². The molecule has 0 saturated carbocycles. The lowest BCUT2D eigenvalue weighted by Crippen LogP contribution is -2.00. The number of hydrogen-bond acceptors (Lipinski definition) is 5. The van der Waals surface area contributed by atoms with Crippen molar-refractivity contribution in [3.8, 4) is 22.8 Å². The lowest BCUT2D eigenvalue weighted by atomic mass is 10.2. The molecule has 0 amide bonds. The Kier molecular flexibility index (Phi) is 5.58. The third-order valence-electron chi connectivity index (χ3n) is 4.73. The third-order valence-corrected chi connectivity index (χ3v) is 4.99. The maximum atomic E-state index is 5.74. The van der Waals surface area contributed by atoms with Crippen molar-refractivity contribution in [2.24, 2.45) is 5.10 Å². The van der Waals surface area contributed by atoms with Gasteiger partial charge >= 0.3 is 0 Å². The van der Waals surface area contributed by atoms with Gasteiger partial charge in [-0.05, 0) is 57.3 Å². The first-order valence-electron chi connectivity index (χ1n) is 9.65. The second kappa shape index (κ2) is 8.46. The van der Waals surface area contributed by atoms with E-state index in [2.05, 4.69) is 20.4 Å². The number of ether oxygens (including phenoxy) is 1. The summed E-state index contributed by atoms with van der Waals surface area (Å²) in [6, 6.07) is 17.7. The van der Waals surface area contributed by atoms with Crippen LogP contribution >= 0.6 is 12.2 Å². The summed E-state index contributed by atoms with van der Waals surface area (Å²) in [6.45, 7) is 6.49. The summed E-state index contributed by atoms with van der Waals surface area (Å²) in [5, 5.41) is 16.5. The minimum atomic E-state index is 0.401. The van der Waals surface area contributed by atoms with E-state index in [9.17, 15) is 0 Å². The van der Waals surface area contributed by atoms with E-state index in [-0.39, 0.29) is 0 Å². The highest BCUT2D eigenvalue weighted by atomic mass is 32.1. The highest BCUT2D eigenvalue weighted by molar-refractivity contribution is 7.71. The topological polar surface area (TPSA) is 73.0 Å². The molecule has 7 nitrogen and oxygen atoms in total. The quantitative estimate of drug-likeness (QED) is 0.364. The van der Waals surface area contributed by atoms with Crippen LogP contribution in [0.15, 0.2) is 59.7 Å². The van der Waals surface area contributed by atoms with Gasteiger partial charge in [-0.2, -0.15) is 20.0 Å². The summed E-state index contributed by atoms with van der Waals surface area (Å²) in [7, 11) is 0. The SMILES string of the molecule is CCOc1ccccc1-c1n[nH]c(=S)n1/N=C\c1c(C)nn(-c2ccccc2)c1C. The van der Waals surface area contributed by atoms with Crippen molar-refractivity contribution >= 4 is 18.4 Å². The Labute approximate surface area is 179 Å². The Balaban J connectivity index is 1.75. The minimum Gasteiger partial charge on any atom is -0.493 e. The largest absolute Gasteiger partial charge is 0.493 e. The molecule has 8 heteroatoms. The second-order valence-corrected chi connectivity index (χ2v) is 7.06. The predicted octanol–water partition coefficient (Wildman–Crippen LogP) is 4.69. The summed E-state index contributed by atoms with van der Waals surface area (Å²) < 4.78 is 9.66. The van der Waals surface area contributed by atoms with Crippen LogP contribution in [0.1, 0.15) is 23.9 Å². The van der Waals surface area contributed by atoms with Crippen LogP contribution in [0, 0.1) is 18.6 Å². The predicted molar refractivity (Wildman–Crippen MR) is 120 cm³/mol. The molecule has 152 valence electrons. The fourth-order valence-corrected chi connectivity index (χ4v) is 3.46. The van der Waals surface area contributed by atoms with E-state index >= 15 is 0 Å². The van der Waals surface area contributed by atoms with Crippen LogP contribution in [-0.4, -0.2) is 37.5 Å². The molecule has 0 aliphatic rings. The standard InChI is InChI=1S/C22H22N6OS/c1-4-29-20-13-9-8-12-18(20)21-24-25-22(30)28(21)23-14-19-15(2)26-27(16(19)3)17-10-6-5-7-11-17/h5-14H,4H2,1-3H3,(H,25,30)/b23-14-. The van der Waals surface area contributed by atoms with Crippen LogP contribution in [-0.2, 0) is 0 Å². The third kappa shape index (κ3) is 3.69. The van der Waals surface area contributed by atoms with Gasteiger partial charge in [0.25, 0.3) is 0 Å². The molecule has 0 saturated heterocycles. The van der Waals surface area contributed by atoms with Gasteiger partial charge in [0, 0.05) is 5.56 Å². The van der Waals surface area contributed by atoms with E-state index in [0.717, 1.165) is 34.0 Å². The molecule has 1 N–H and O–H groups in total. The fourth-order valence-electron chi connectivity index (χ4n) is 3.28. The number of para-hydroxylation sites is 2. The van der Waals surface area contributed by atoms with Gasteiger partial charge in [-0.15, -0.1) is 0 Å². The van der Waals surface area contributed by atoms with Crippen molar-refractivity contribution in [3.05, 3.63) is 76.3 Å². The zero-order valence-corrected chi connectivity index (χ0v) is 17.8. The molecular formula is C22H22N6OS. The summed E-state index contributed by atoms with van der Waals surface area (Å²) in [5.41, 5.74) is 4.63. The number of H-pyrrole nitrogens is 1. The van der Waals surface area contributed by atoms with Gasteiger partial charge in [0.1, 0.15) is 5.75 Å². The summed E-state index contributed by atoms with van der Waals surface area (Å²) in [5.74, 6) is 1.32. The highest BCUT2D eigenvalue weighted by Gasteiger charge is 2.15. The molecule has 0 atom stereocenters. The lowest BCUT2D eigenvalue weighted by molar-refractivity contribution is 0.341. The van der Waals surface area contributed by atoms with E-state index in [1.807, 2.05) is 80.1 Å². The van der Waals surface area contributed by atoms with E-state index in [1.54, 1.807) is 10.9 Å². The molecule has 0 unspecified atom stereocenters. The Hall–Kier alpha value is -3.52. The monoisotopic (exact) mass is 418 g/mol. The maximum absolute atomic E-state index is 5.74. The number of hydrogen-bond donors (Lipinski definition) is 1. The fraction of sp³-hybridized carbons (Fsp3) is 0.182. The first kappa shape index (κ1) is 19.8. The molecule has 0 radical (unpaired) electrons. The van der Waals surface area contributed by atoms with Crippen LogP contribution < -0.4 is 4.74 Å². The number of nitrogens with zero attached hydrogens (tertiary/aromatic N) is 5. The number of rotatable bonds is 6. The van der Waals surface area contributed by atoms with Crippen molar-refractivity contribution in [3.63, 3.8) is 0 Å². The van der Waals surface area contributed by atoms with E-state index in [0.29, 0.717) is 17.2 Å². The molecule has 2 heterocycles. The molecule has 0 bridgehead atoms. The Morgan fingerprint density at radius 1 is 1.10 bits per heavy atom. The van der Waals surface area contributed by atoms with Crippen LogP contribution in [0.2, 0.25) is 0 Å². The van der Waals surface area contributed by atoms with Crippen LogP contribution in [0.3, 0.4) is 0 Å². The number of aryl methyl sites for hydroxylation is 1. The van der Waals surface area contributed by atoms with Gasteiger partial charge in [-0.1, -0.05) is 30.3 Å². The van der Waals surface area contributed by atoms with E-state index in [4.69, 9.17) is 17.0 Å². The van der Waals surface area contributed by atoms with Crippen LogP contribution in [0.25, 0.3) is 17.1 Å². The molecule has 2 aromatic carbocycles. The molecule has 30 heavy (non-hydrogen) atoms. The summed E-state index contributed by atoms with van der Waals surface area (Å²) in [4.78, 5) is 0. The van der Waals surface area contributed by atoms with Crippen LogP contribution in [0.5, 0.6) is 5.75 Å². The molecule has 0 aliphatic carbocycles. The van der Waals surface area contributed by atoms with Gasteiger partial charge in [-0.3, -0.25) is 0 Å². The average Bonchev–Trinajstić information content (AvgIpc) is 3.26. The van der Waals surface area contributed by atoms with Crippen molar-refractivity contribution in [1.29, 1.82) is 0 Å². The van der Waals surface area contributed by atoms with Crippen molar-refractivity contribution < 1.29 is 4.74 Å². The van der Waals surface area contributed by atoms with Gasteiger partial charge < -0.3 is 4.74 Å². The summed E-state index contributed by atoms with van der Waals surface area (Å²) >= 11 is 5.41. The molecule has 0 aliphatic heterocycles. The Morgan fingerprint density at radius 3 is 2.60 bits per heavy atom. The lowest BCUT2D eigenvalue weighted by Gasteiger charge is -2.08. The number of aromatic nitrogens is 5. The number of benzene rings is 2. The van der Waals surface area contributed by atoms with E-state index in [1.165, 1.54) is 0 Å². The average molecular weight is 419 g/mol. The summed E-state index contributed by atoms with van der Waals surface area (Å²) in [6.07, 6.45) is 1.77. The van der Waals surface area contributed by atoms with Gasteiger partial charge in [0.15, 0.2) is 5.82 Å². The smallest absolute Gasteiger partial charge is 0.216 e. The van der Waals surface area contributed by atoms with Crippen LogP contribution in [0.4, 0.5) is 0 Å². The normalized spacial score (nSPS) is 11.3. The second-order valence-electron chi connectivity index (χ2n) is 6.67. The molecule has 0 spiro atoms. The first-order chi connectivity index (χ1) is 14.6. The zero-order valence-electron chi connectivity index (χ0n) is 17.0. The first-order valence-corrected chi connectivity index (χ1v) is 10.1. The Morgan fingerprint density at radius 2 is 1.83 bits per heavy atom. The van der Waals surface area contributed by atoms with Gasteiger partial charge in [0.05, 0.1) is 35.5 Å². The molecule has 4 rings (SSSR count). The van der Waals surface area contributed by atoms with E-state index < -0.39 is 0 Å².